The van der Waals surface area contributed by atoms with Gasteiger partial charge in [-0.1, -0.05) is 67.1 Å². The first-order valence-corrected chi connectivity index (χ1v) is 14.1. The number of nitrogens with zero attached hydrogens (tertiary/aromatic N) is 2. The number of rotatable bonds is 7. The Bertz CT molecular complexity index is 1700. The van der Waals surface area contributed by atoms with Crippen molar-refractivity contribution in [3.63, 3.8) is 0 Å². The summed E-state index contributed by atoms with van der Waals surface area (Å²) in [4.78, 5) is 30.7. The summed E-state index contributed by atoms with van der Waals surface area (Å²) in [7, 11) is 0. The smallest absolute Gasteiger partial charge is 0.266 e. The third-order valence-corrected chi connectivity index (χ3v) is 8.03. The van der Waals surface area contributed by atoms with E-state index in [1.54, 1.807) is 65.3 Å². The Hall–Kier alpha value is -4.43. The molecule has 2 aliphatic heterocycles. The van der Waals surface area contributed by atoms with Gasteiger partial charge in [0.1, 0.15) is 5.75 Å². The molecule has 0 aliphatic carbocycles. The van der Waals surface area contributed by atoms with Gasteiger partial charge in [-0.25, -0.2) is 0 Å². The number of carbonyl (C=O) groups excluding carboxylic acids is 2. The molecule has 0 unspecified atom stereocenters. The van der Waals surface area contributed by atoms with Crippen molar-refractivity contribution < 1.29 is 24.5 Å². The van der Waals surface area contributed by atoms with Crippen molar-refractivity contribution >= 4 is 40.5 Å². The molecule has 0 radical (unpaired) electrons. The molecular formula is C34H29ClN2O5. The van der Waals surface area contributed by atoms with Gasteiger partial charge in [0, 0.05) is 28.8 Å². The van der Waals surface area contributed by atoms with Crippen LogP contribution < -0.4 is 14.5 Å². The number of aliphatic hydroxyl groups excluding tert-OH is 1. The third-order valence-electron chi connectivity index (χ3n) is 7.79. The molecule has 0 saturated heterocycles. The first-order chi connectivity index (χ1) is 20.3. The van der Waals surface area contributed by atoms with E-state index in [0.717, 1.165) is 5.56 Å². The molecular weight excluding hydrogens is 552 g/mol. The fourth-order valence-corrected chi connectivity index (χ4v) is 5.76. The normalized spacial score (nSPS) is 18.4. The number of hydrogen-bond acceptors (Lipinski definition) is 5. The highest BCUT2D eigenvalue weighted by atomic mass is 35.5. The maximum absolute atomic E-state index is 13.8. The summed E-state index contributed by atoms with van der Waals surface area (Å²) >= 11 is 6.29. The van der Waals surface area contributed by atoms with Gasteiger partial charge in [-0.2, -0.15) is 0 Å². The van der Waals surface area contributed by atoms with Crippen LogP contribution >= 0.6 is 11.6 Å². The minimum atomic E-state index is -1.80. The molecule has 0 spiro atoms. The molecule has 4 aromatic rings. The van der Waals surface area contributed by atoms with Crippen LogP contribution in [0.3, 0.4) is 0 Å². The monoisotopic (exact) mass is 580 g/mol. The van der Waals surface area contributed by atoms with E-state index < -0.39 is 17.4 Å². The van der Waals surface area contributed by atoms with E-state index in [-0.39, 0.29) is 19.1 Å². The van der Waals surface area contributed by atoms with Crippen LogP contribution in [0.2, 0.25) is 5.02 Å². The van der Waals surface area contributed by atoms with E-state index in [1.807, 2.05) is 54.6 Å². The molecule has 42 heavy (non-hydrogen) atoms. The fraction of sp³-hybridized carbons (Fsp3) is 0.176. The molecule has 2 amide bonds. The van der Waals surface area contributed by atoms with E-state index >= 15 is 0 Å². The minimum Gasteiger partial charge on any atom is -0.454 e. The largest absolute Gasteiger partial charge is 0.454 e. The van der Waals surface area contributed by atoms with Gasteiger partial charge in [0.25, 0.3) is 11.8 Å². The highest BCUT2D eigenvalue weighted by molar-refractivity contribution is 6.31. The summed E-state index contributed by atoms with van der Waals surface area (Å²) in [6.07, 6.45) is 3.93. The summed E-state index contributed by atoms with van der Waals surface area (Å²) in [6, 6.07) is 27.1. The predicted molar refractivity (Wildman–Crippen MR) is 162 cm³/mol. The van der Waals surface area contributed by atoms with Crippen LogP contribution in [0.25, 0.3) is 0 Å². The van der Waals surface area contributed by atoms with Gasteiger partial charge in [-0.15, -0.1) is 0 Å². The molecule has 8 heteroatoms. The zero-order chi connectivity index (χ0) is 29.4. The molecule has 0 fully saturated rings. The number of ether oxygens (including phenoxy) is 1. The summed E-state index contributed by atoms with van der Waals surface area (Å²) in [6.45, 7) is 1.96. The second-order valence-electron chi connectivity index (χ2n) is 10.4. The molecule has 2 heterocycles. The van der Waals surface area contributed by atoms with Crippen molar-refractivity contribution in [2.24, 2.45) is 5.92 Å². The number of halogens is 1. The second kappa shape index (κ2) is 11.1. The van der Waals surface area contributed by atoms with Crippen molar-refractivity contribution in [1.82, 2.24) is 0 Å². The minimum absolute atomic E-state index is 0.0196. The molecule has 6 rings (SSSR count). The van der Waals surface area contributed by atoms with Gasteiger partial charge < -0.3 is 19.8 Å². The van der Waals surface area contributed by atoms with E-state index in [9.17, 15) is 14.7 Å². The SMILES string of the molecule is C[C@H](/C=C/CCO)[C@@]1(O)C(=O)N(Cc2ccc(N3C(=O)c4ccccc4Oc4ccccc43)cc2)c2ccc(Cl)cc21. The molecule has 0 saturated carbocycles. The number of anilines is 3. The van der Waals surface area contributed by atoms with Gasteiger partial charge in [0.05, 0.1) is 23.5 Å². The van der Waals surface area contributed by atoms with Crippen molar-refractivity contribution in [3.8, 4) is 11.5 Å². The molecule has 0 aromatic heterocycles. The fourth-order valence-electron chi connectivity index (χ4n) is 5.59. The van der Waals surface area contributed by atoms with E-state index in [2.05, 4.69) is 0 Å². The highest BCUT2D eigenvalue weighted by Gasteiger charge is 2.52. The molecule has 2 aliphatic rings. The first-order valence-electron chi connectivity index (χ1n) is 13.7. The van der Waals surface area contributed by atoms with E-state index in [4.69, 9.17) is 21.4 Å². The average molecular weight is 581 g/mol. The number of amides is 2. The van der Waals surface area contributed by atoms with Crippen molar-refractivity contribution in [1.29, 1.82) is 0 Å². The Morgan fingerprint density at radius 3 is 2.40 bits per heavy atom. The number of carbonyl (C=O) groups is 2. The van der Waals surface area contributed by atoms with Gasteiger partial charge in [0.15, 0.2) is 11.4 Å². The Morgan fingerprint density at radius 2 is 1.64 bits per heavy atom. The first kappa shape index (κ1) is 27.7. The lowest BCUT2D eigenvalue weighted by molar-refractivity contribution is -0.139. The standard InChI is InChI=1S/C34H29ClN2O5/c1-22(8-6-7-19-38)34(41)27-20-24(35)15-18-28(27)36(33(34)40)21-23-13-16-25(17-14-23)37-29-10-3-5-12-31(29)42-30-11-4-2-9-26(30)32(37)39/h2-6,8-18,20,22,38,41H,7,19,21H2,1H3/b8-6+/t22-,34+/m1/s1. The zero-order valence-corrected chi connectivity index (χ0v) is 23.7. The maximum atomic E-state index is 13.8. The van der Waals surface area contributed by atoms with Gasteiger partial charge in [-0.05, 0) is 66.6 Å². The molecule has 0 bridgehead atoms. The number of fused-ring (bicyclic) bond motifs is 3. The Morgan fingerprint density at radius 1 is 0.929 bits per heavy atom. The number of benzene rings is 4. The lowest BCUT2D eigenvalue weighted by atomic mass is 9.83. The second-order valence-corrected chi connectivity index (χ2v) is 10.9. The van der Waals surface area contributed by atoms with Crippen LogP contribution in [0.5, 0.6) is 11.5 Å². The van der Waals surface area contributed by atoms with Crippen LogP contribution in [0, 0.1) is 5.92 Å². The summed E-state index contributed by atoms with van der Waals surface area (Å²) in [5, 5.41) is 21.3. The maximum Gasteiger partial charge on any atom is 0.266 e. The van der Waals surface area contributed by atoms with E-state index in [1.165, 1.54) is 0 Å². The van der Waals surface area contributed by atoms with Gasteiger partial charge in [0.2, 0.25) is 0 Å². The molecule has 4 aromatic carbocycles. The Kier molecular flexibility index (Phi) is 7.33. The number of para-hydroxylation sites is 3. The van der Waals surface area contributed by atoms with Gasteiger partial charge >= 0.3 is 0 Å². The molecule has 2 atom stereocenters. The quantitative estimate of drug-likeness (QED) is 0.236. The summed E-state index contributed by atoms with van der Waals surface area (Å²) in [5.41, 5.74) is 1.77. The van der Waals surface area contributed by atoms with Crippen molar-refractivity contribution in [3.05, 3.63) is 125 Å². The molecule has 2 N–H and O–H groups in total. The van der Waals surface area contributed by atoms with Crippen LogP contribution in [0.1, 0.15) is 34.8 Å². The molecule has 7 nitrogen and oxygen atoms in total. The number of hydrogen-bond donors (Lipinski definition) is 2. The lowest BCUT2D eigenvalue weighted by Gasteiger charge is -2.28. The summed E-state index contributed by atoms with van der Waals surface area (Å²) < 4.78 is 6.10. The lowest BCUT2D eigenvalue weighted by Crippen LogP contribution is -2.44. The van der Waals surface area contributed by atoms with Crippen LogP contribution in [0.15, 0.2) is 103 Å². The topological polar surface area (TPSA) is 90.3 Å². The zero-order valence-electron chi connectivity index (χ0n) is 22.9. The third kappa shape index (κ3) is 4.65. The van der Waals surface area contributed by atoms with Gasteiger partial charge in [-0.3, -0.25) is 14.5 Å². The van der Waals surface area contributed by atoms with Crippen LogP contribution in [-0.2, 0) is 16.9 Å². The average Bonchev–Trinajstić information content (AvgIpc) is 3.12. The van der Waals surface area contributed by atoms with E-state index in [0.29, 0.717) is 51.1 Å². The van der Waals surface area contributed by atoms with Crippen LogP contribution in [-0.4, -0.2) is 28.6 Å². The highest BCUT2D eigenvalue weighted by Crippen LogP contribution is 2.47. The van der Waals surface area contributed by atoms with Crippen molar-refractivity contribution in [2.45, 2.75) is 25.5 Å². The summed E-state index contributed by atoms with van der Waals surface area (Å²) in [5.74, 6) is -0.152. The Balaban J connectivity index is 1.32. The number of aliphatic hydroxyl groups is 2. The van der Waals surface area contributed by atoms with Crippen molar-refractivity contribution in [2.75, 3.05) is 16.4 Å². The predicted octanol–water partition coefficient (Wildman–Crippen LogP) is 6.73. The Labute approximate surface area is 248 Å². The molecule has 212 valence electrons. The van der Waals surface area contributed by atoms with Crippen LogP contribution in [0.4, 0.5) is 17.1 Å².